The molecule has 1 atom stereocenters. The highest BCUT2D eigenvalue weighted by atomic mass is 16.4. The summed E-state index contributed by atoms with van der Waals surface area (Å²) in [5.41, 5.74) is 0.868. The van der Waals surface area contributed by atoms with Gasteiger partial charge in [0.1, 0.15) is 6.04 Å². The van der Waals surface area contributed by atoms with Crippen molar-refractivity contribution in [2.24, 2.45) is 11.3 Å². The molecule has 1 aliphatic carbocycles. The zero-order chi connectivity index (χ0) is 18.6. The fourth-order valence-corrected chi connectivity index (χ4v) is 2.40. The van der Waals surface area contributed by atoms with Crippen LogP contribution >= 0.6 is 0 Å². The minimum absolute atomic E-state index is 0.00850. The van der Waals surface area contributed by atoms with E-state index in [1.54, 1.807) is 24.3 Å². The quantitative estimate of drug-likeness (QED) is 0.707. The summed E-state index contributed by atoms with van der Waals surface area (Å²) in [6.45, 7) is 6.08. The molecule has 0 aliphatic heterocycles. The molecule has 2 amide bonds. The molecule has 1 aliphatic rings. The molecule has 1 saturated carbocycles. The maximum absolute atomic E-state index is 12.4. The molecule has 25 heavy (non-hydrogen) atoms. The first-order valence-corrected chi connectivity index (χ1v) is 8.60. The van der Waals surface area contributed by atoms with Crippen LogP contribution in [0.25, 0.3) is 0 Å². The summed E-state index contributed by atoms with van der Waals surface area (Å²) in [5, 5.41) is 14.7. The summed E-state index contributed by atoms with van der Waals surface area (Å²) < 4.78 is 0. The monoisotopic (exact) mass is 346 g/mol. The fourth-order valence-electron chi connectivity index (χ4n) is 2.40. The molecule has 1 aromatic carbocycles. The van der Waals surface area contributed by atoms with E-state index in [1.165, 1.54) is 0 Å². The van der Waals surface area contributed by atoms with E-state index in [2.05, 4.69) is 10.6 Å². The first-order valence-electron chi connectivity index (χ1n) is 8.60. The van der Waals surface area contributed by atoms with Gasteiger partial charge in [-0.15, -0.1) is 0 Å². The highest BCUT2D eigenvalue weighted by Crippen LogP contribution is 2.30. The van der Waals surface area contributed by atoms with E-state index in [1.807, 2.05) is 20.8 Å². The van der Waals surface area contributed by atoms with Gasteiger partial charge < -0.3 is 15.7 Å². The number of carbonyl (C=O) groups excluding carboxylic acids is 2. The highest BCUT2D eigenvalue weighted by Gasteiger charge is 2.29. The second-order valence-corrected chi connectivity index (χ2v) is 7.81. The predicted molar refractivity (Wildman–Crippen MR) is 95.4 cm³/mol. The van der Waals surface area contributed by atoms with Gasteiger partial charge in [-0.1, -0.05) is 26.8 Å². The van der Waals surface area contributed by atoms with Crippen LogP contribution in [0.2, 0.25) is 0 Å². The molecule has 0 radical (unpaired) electrons. The minimum Gasteiger partial charge on any atom is -0.480 e. The van der Waals surface area contributed by atoms with E-state index in [0.29, 0.717) is 24.1 Å². The van der Waals surface area contributed by atoms with Crippen molar-refractivity contribution in [3.05, 3.63) is 29.8 Å². The second-order valence-electron chi connectivity index (χ2n) is 7.81. The average molecular weight is 346 g/mol. The SMILES string of the molecule is CC(C)(C)CCC(NC(=O)c1cccc(NC(=O)C2CC2)c1)C(=O)O. The number of carboxylic acid groups (broad SMARTS) is 1. The molecule has 2 rings (SSSR count). The predicted octanol–water partition coefficient (Wildman–Crippen LogP) is 3.04. The molecule has 1 unspecified atom stereocenters. The van der Waals surface area contributed by atoms with Crippen LogP contribution in [0.5, 0.6) is 0 Å². The van der Waals surface area contributed by atoms with E-state index in [0.717, 1.165) is 12.8 Å². The van der Waals surface area contributed by atoms with Crippen LogP contribution in [0.3, 0.4) is 0 Å². The molecule has 0 bridgehead atoms. The summed E-state index contributed by atoms with van der Waals surface area (Å²) in [6, 6.07) is 5.62. The number of benzene rings is 1. The van der Waals surface area contributed by atoms with Gasteiger partial charge in [0.05, 0.1) is 0 Å². The van der Waals surface area contributed by atoms with Crippen LogP contribution in [0.15, 0.2) is 24.3 Å². The zero-order valence-corrected chi connectivity index (χ0v) is 15.0. The van der Waals surface area contributed by atoms with Crippen molar-refractivity contribution in [1.82, 2.24) is 5.32 Å². The highest BCUT2D eigenvalue weighted by molar-refractivity contribution is 5.99. The number of hydrogen-bond acceptors (Lipinski definition) is 3. The van der Waals surface area contributed by atoms with E-state index >= 15 is 0 Å². The average Bonchev–Trinajstić information content (AvgIpc) is 3.35. The van der Waals surface area contributed by atoms with Crippen LogP contribution in [0.1, 0.15) is 56.8 Å². The molecular formula is C19H26N2O4. The lowest BCUT2D eigenvalue weighted by atomic mass is 9.88. The van der Waals surface area contributed by atoms with E-state index in [9.17, 15) is 19.5 Å². The van der Waals surface area contributed by atoms with Crippen LogP contribution < -0.4 is 10.6 Å². The van der Waals surface area contributed by atoms with Crippen LogP contribution in [0.4, 0.5) is 5.69 Å². The number of nitrogens with one attached hydrogen (secondary N) is 2. The Kier molecular flexibility index (Phi) is 5.82. The summed E-state index contributed by atoms with van der Waals surface area (Å²) in [4.78, 5) is 35.6. The molecule has 1 aromatic rings. The van der Waals surface area contributed by atoms with Gasteiger partial charge in [-0.25, -0.2) is 4.79 Å². The Morgan fingerprint density at radius 1 is 1.24 bits per heavy atom. The molecule has 3 N–H and O–H groups in total. The second kappa shape index (κ2) is 7.68. The van der Waals surface area contributed by atoms with Gasteiger partial charge in [-0.3, -0.25) is 9.59 Å². The van der Waals surface area contributed by atoms with Gasteiger partial charge in [-0.2, -0.15) is 0 Å². The third kappa shape index (κ3) is 6.21. The summed E-state index contributed by atoms with van der Waals surface area (Å²) in [7, 11) is 0. The van der Waals surface area contributed by atoms with Crippen LogP contribution in [0, 0.1) is 11.3 Å². The van der Waals surface area contributed by atoms with Gasteiger partial charge in [0, 0.05) is 17.2 Å². The number of amides is 2. The van der Waals surface area contributed by atoms with E-state index < -0.39 is 17.9 Å². The Hall–Kier alpha value is -2.37. The summed E-state index contributed by atoms with van der Waals surface area (Å²) in [5.74, 6) is -1.46. The maximum atomic E-state index is 12.4. The van der Waals surface area contributed by atoms with Crippen molar-refractivity contribution in [2.45, 2.75) is 52.5 Å². The topological polar surface area (TPSA) is 95.5 Å². The molecule has 136 valence electrons. The maximum Gasteiger partial charge on any atom is 0.326 e. The van der Waals surface area contributed by atoms with Crippen molar-refractivity contribution in [2.75, 3.05) is 5.32 Å². The number of carboxylic acids is 1. The molecule has 0 spiro atoms. The van der Waals surface area contributed by atoms with Crippen molar-refractivity contribution < 1.29 is 19.5 Å². The van der Waals surface area contributed by atoms with Crippen molar-refractivity contribution in [1.29, 1.82) is 0 Å². The molecule has 6 nitrogen and oxygen atoms in total. The Morgan fingerprint density at radius 2 is 1.92 bits per heavy atom. The Balaban J connectivity index is 2.00. The standard InChI is InChI=1S/C19H26N2O4/c1-19(2,3)10-9-15(18(24)25)21-17(23)13-5-4-6-14(11-13)20-16(22)12-7-8-12/h4-6,11-12,15H,7-10H2,1-3H3,(H,20,22)(H,21,23)(H,24,25). The number of hydrogen-bond donors (Lipinski definition) is 3. The molecule has 1 fully saturated rings. The number of anilines is 1. The number of carbonyl (C=O) groups is 3. The number of aliphatic carboxylic acids is 1. The normalized spacial score (nSPS) is 15.3. The summed E-state index contributed by atoms with van der Waals surface area (Å²) in [6.07, 6.45) is 2.85. The van der Waals surface area contributed by atoms with Gasteiger partial charge in [-0.05, 0) is 49.3 Å². The van der Waals surface area contributed by atoms with Crippen LogP contribution in [-0.2, 0) is 9.59 Å². The van der Waals surface area contributed by atoms with E-state index in [-0.39, 0.29) is 17.2 Å². The minimum atomic E-state index is -1.05. The van der Waals surface area contributed by atoms with Crippen molar-refractivity contribution >= 4 is 23.5 Å². The molecular weight excluding hydrogens is 320 g/mol. The first kappa shape index (κ1) is 19.0. The van der Waals surface area contributed by atoms with Crippen molar-refractivity contribution in [3.8, 4) is 0 Å². The molecule has 0 aromatic heterocycles. The lowest BCUT2D eigenvalue weighted by Crippen LogP contribution is -2.41. The zero-order valence-electron chi connectivity index (χ0n) is 15.0. The summed E-state index contributed by atoms with van der Waals surface area (Å²) >= 11 is 0. The van der Waals surface area contributed by atoms with Gasteiger partial charge >= 0.3 is 5.97 Å². The molecule has 0 saturated heterocycles. The molecule has 0 heterocycles. The van der Waals surface area contributed by atoms with Gasteiger partial charge in [0.15, 0.2) is 0 Å². The fraction of sp³-hybridized carbons (Fsp3) is 0.526. The Bertz CT molecular complexity index is 660. The smallest absolute Gasteiger partial charge is 0.326 e. The van der Waals surface area contributed by atoms with Crippen LogP contribution in [-0.4, -0.2) is 28.9 Å². The lowest BCUT2D eigenvalue weighted by molar-refractivity contribution is -0.139. The van der Waals surface area contributed by atoms with Crippen molar-refractivity contribution in [3.63, 3.8) is 0 Å². The largest absolute Gasteiger partial charge is 0.480 e. The first-order chi connectivity index (χ1) is 11.7. The third-order valence-corrected chi connectivity index (χ3v) is 4.13. The van der Waals surface area contributed by atoms with Gasteiger partial charge in [0.25, 0.3) is 5.91 Å². The van der Waals surface area contributed by atoms with Gasteiger partial charge in [0.2, 0.25) is 5.91 Å². The molecule has 6 heteroatoms. The Labute approximate surface area is 148 Å². The lowest BCUT2D eigenvalue weighted by Gasteiger charge is -2.21. The number of rotatable bonds is 7. The Morgan fingerprint density at radius 3 is 2.48 bits per heavy atom. The van der Waals surface area contributed by atoms with E-state index in [4.69, 9.17) is 0 Å². The third-order valence-electron chi connectivity index (χ3n) is 4.13.